The molecule has 0 atom stereocenters. The number of nitrogens with zero attached hydrogens (tertiary/aromatic N) is 3. The van der Waals surface area contributed by atoms with Crippen LogP contribution in [0.3, 0.4) is 0 Å². The topological polar surface area (TPSA) is 64.7 Å². The van der Waals surface area contributed by atoms with Crippen LogP contribution in [0.4, 0.5) is 0 Å². The van der Waals surface area contributed by atoms with Gasteiger partial charge in [0.2, 0.25) is 0 Å². The third-order valence-corrected chi connectivity index (χ3v) is 2.42. The molecule has 66 valence electrons. The van der Waals surface area contributed by atoms with Gasteiger partial charge in [-0.25, -0.2) is 4.98 Å². The SMILES string of the molecule is NCc1nc(-c2cnccn2)cs1. The molecule has 4 nitrogen and oxygen atoms in total. The summed E-state index contributed by atoms with van der Waals surface area (Å²) in [7, 11) is 0. The van der Waals surface area contributed by atoms with Crippen LogP contribution in [0.25, 0.3) is 11.4 Å². The number of nitrogens with two attached hydrogens (primary N) is 1. The third-order valence-electron chi connectivity index (χ3n) is 1.55. The predicted octanol–water partition coefficient (Wildman–Crippen LogP) is 1.06. The van der Waals surface area contributed by atoms with Crippen LogP contribution in [0.1, 0.15) is 5.01 Å². The van der Waals surface area contributed by atoms with Crippen molar-refractivity contribution in [1.29, 1.82) is 0 Å². The van der Waals surface area contributed by atoms with Gasteiger partial charge in [0.05, 0.1) is 6.20 Å². The Labute approximate surface area is 79.5 Å². The fourth-order valence-electron chi connectivity index (χ4n) is 0.954. The van der Waals surface area contributed by atoms with Crippen molar-refractivity contribution < 1.29 is 0 Å². The van der Waals surface area contributed by atoms with Crippen molar-refractivity contribution in [3.63, 3.8) is 0 Å². The van der Waals surface area contributed by atoms with Gasteiger partial charge in [0.15, 0.2) is 0 Å². The molecule has 0 spiro atoms. The van der Waals surface area contributed by atoms with Crippen molar-refractivity contribution >= 4 is 11.3 Å². The summed E-state index contributed by atoms with van der Waals surface area (Å²) in [6, 6.07) is 0. The summed E-state index contributed by atoms with van der Waals surface area (Å²) in [5, 5.41) is 2.85. The molecule has 2 aromatic rings. The highest BCUT2D eigenvalue weighted by Gasteiger charge is 2.03. The van der Waals surface area contributed by atoms with Gasteiger partial charge < -0.3 is 5.73 Å². The van der Waals surface area contributed by atoms with Gasteiger partial charge in [-0.2, -0.15) is 0 Å². The van der Waals surface area contributed by atoms with Gasteiger partial charge in [0, 0.05) is 24.3 Å². The molecule has 2 N–H and O–H groups in total. The van der Waals surface area contributed by atoms with Crippen molar-refractivity contribution in [3.8, 4) is 11.4 Å². The molecule has 0 amide bonds. The molecule has 0 aliphatic rings. The van der Waals surface area contributed by atoms with Crippen LogP contribution in [0.2, 0.25) is 0 Å². The zero-order valence-corrected chi connectivity index (χ0v) is 7.66. The van der Waals surface area contributed by atoms with E-state index < -0.39 is 0 Å². The summed E-state index contributed by atoms with van der Waals surface area (Å²) >= 11 is 1.54. The zero-order valence-electron chi connectivity index (χ0n) is 6.84. The number of hydrogen-bond acceptors (Lipinski definition) is 5. The maximum absolute atomic E-state index is 5.45. The standard InChI is InChI=1S/C8H8N4S/c9-3-8-12-7(5-13-8)6-4-10-1-2-11-6/h1-2,4-5H,3,9H2. The Morgan fingerprint density at radius 1 is 1.31 bits per heavy atom. The van der Waals surface area contributed by atoms with E-state index in [1.165, 1.54) is 0 Å². The number of rotatable bonds is 2. The molecular formula is C8H8N4S. The van der Waals surface area contributed by atoms with Crippen LogP contribution in [0.5, 0.6) is 0 Å². The number of thiazole rings is 1. The molecule has 0 aliphatic heterocycles. The molecule has 0 aliphatic carbocycles. The second kappa shape index (κ2) is 3.59. The van der Waals surface area contributed by atoms with Gasteiger partial charge in [-0.1, -0.05) is 0 Å². The van der Waals surface area contributed by atoms with Gasteiger partial charge in [-0.05, 0) is 0 Å². The molecule has 0 bridgehead atoms. The van der Waals surface area contributed by atoms with Crippen LogP contribution in [0, 0.1) is 0 Å². The Morgan fingerprint density at radius 3 is 2.85 bits per heavy atom. The maximum atomic E-state index is 5.45. The fourth-order valence-corrected chi connectivity index (χ4v) is 1.62. The van der Waals surface area contributed by atoms with Crippen LogP contribution < -0.4 is 5.73 Å². The lowest BCUT2D eigenvalue weighted by Crippen LogP contribution is -1.94. The Balaban J connectivity index is 2.36. The highest BCUT2D eigenvalue weighted by molar-refractivity contribution is 7.09. The van der Waals surface area contributed by atoms with Gasteiger partial charge in [-0.3, -0.25) is 9.97 Å². The first-order chi connectivity index (χ1) is 6.40. The normalized spacial score (nSPS) is 10.2. The van der Waals surface area contributed by atoms with Crippen molar-refractivity contribution in [3.05, 3.63) is 29.0 Å². The van der Waals surface area contributed by atoms with Gasteiger partial charge >= 0.3 is 0 Å². The maximum Gasteiger partial charge on any atom is 0.108 e. The first-order valence-corrected chi connectivity index (χ1v) is 4.69. The summed E-state index contributed by atoms with van der Waals surface area (Å²) in [6.07, 6.45) is 4.98. The molecule has 2 rings (SSSR count). The lowest BCUT2D eigenvalue weighted by molar-refractivity contribution is 1.04. The minimum atomic E-state index is 0.477. The van der Waals surface area contributed by atoms with Crippen molar-refractivity contribution in [2.45, 2.75) is 6.54 Å². The fraction of sp³-hybridized carbons (Fsp3) is 0.125. The summed E-state index contributed by atoms with van der Waals surface area (Å²) < 4.78 is 0. The molecule has 5 heteroatoms. The molecular weight excluding hydrogens is 184 g/mol. The molecule has 0 saturated carbocycles. The zero-order chi connectivity index (χ0) is 9.10. The minimum Gasteiger partial charge on any atom is -0.325 e. The molecule has 0 saturated heterocycles. The van der Waals surface area contributed by atoms with E-state index >= 15 is 0 Å². The second-order valence-corrected chi connectivity index (χ2v) is 3.36. The van der Waals surface area contributed by atoms with E-state index in [-0.39, 0.29) is 0 Å². The lowest BCUT2D eigenvalue weighted by Gasteiger charge is -1.91. The largest absolute Gasteiger partial charge is 0.325 e. The van der Waals surface area contributed by atoms with E-state index in [0.717, 1.165) is 16.4 Å². The van der Waals surface area contributed by atoms with E-state index in [4.69, 9.17) is 5.73 Å². The molecule has 2 aromatic heterocycles. The van der Waals surface area contributed by atoms with E-state index in [0.29, 0.717) is 6.54 Å². The predicted molar refractivity (Wildman–Crippen MR) is 51.0 cm³/mol. The summed E-state index contributed by atoms with van der Waals surface area (Å²) in [6.45, 7) is 0.477. The van der Waals surface area contributed by atoms with Crippen LogP contribution in [-0.2, 0) is 6.54 Å². The van der Waals surface area contributed by atoms with Gasteiger partial charge in [-0.15, -0.1) is 11.3 Å². The lowest BCUT2D eigenvalue weighted by atomic mass is 10.3. The first kappa shape index (κ1) is 8.28. The number of aromatic nitrogens is 3. The summed E-state index contributed by atoms with van der Waals surface area (Å²) in [4.78, 5) is 12.4. The molecule has 0 fully saturated rings. The van der Waals surface area contributed by atoms with E-state index in [2.05, 4.69) is 15.0 Å². The smallest absolute Gasteiger partial charge is 0.108 e. The molecule has 13 heavy (non-hydrogen) atoms. The molecule has 0 unspecified atom stereocenters. The highest BCUT2D eigenvalue weighted by atomic mass is 32.1. The van der Waals surface area contributed by atoms with Crippen LogP contribution in [-0.4, -0.2) is 15.0 Å². The Kier molecular flexibility index (Phi) is 2.29. The van der Waals surface area contributed by atoms with Crippen molar-refractivity contribution in [1.82, 2.24) is 15.0 Å². The van der Waals surface area contributed by atoms with Crippen molar-refractivity contribution in [2.24, 2.45) is 5.73 Å². The first-order valence-electron chi connectivity index (χ1n) is 3.81. The van der Waals surface area contributed by atoms with Gasteiger partial charge in [0.25, 0.3) is 0 Å². The quantitative estimate of drug-likeness (QED) is 0.772. The van der Waals surface area contributed by atoms with E-state index in [9.17, 15) is 0 Å². The van der Waals surface area contributed by atoms with Crippen molar-refractivity contribution in [2.75, 3.05) is 0 Å². The van der Waals surface area contributed by atoms with E-state index in [1.807, 2.05) is 5.38 Å². The summed E-state index contributed by atoms with van der Waals surface area (Å²) in [5.74, 6) is 0. The Morgan fingerprint density at radius 2 is 2.23 bits per heavy atom. The van der Waals surface area contributed by atoms with E-state index in [1.54, 1.807) is 29.9 Å². The molecule has 0 aromatic carbocycles. The van der Waals surface area contributed by atoms with Crippen LogP contribution in [0.15, 0.2) is 24.0 Å². The minimum absolute atomic E-state index is 0.477. The Hall–Kier alpha value is -1.33. The molecule has 2 heterocycles. The van der Waals surface area contributed by atoms with Crippen LogP contribution >= 0.6 is 11.3 Å². The average Bonchev–Trinajstić information content (AvgIpc) is 2.67. The average molecular weight is 192 g/mol. The molecule has 0 radical (unpaired) electrons. The number of hydrogen-bond donors (Lipinski definition) is 1. The monoisotopic (exact) mass is 192 g/mol. The highest BCUT2D eigenvalue weighted by Crippen LogP contribution is 2.18. The third kappa shape index (κ3) is 1.71. The van der Waals surface area contributed by atoms with Gasteiger partial charge in [0.1, 0.15) is 16.4 Å². The Bertz CT molecular complexity index is 384. The summed E-state index contributed by atoms with van der Waals surface area (Å²) in [5.41, 5.74) is 7.09. The second-order valence-electron chi connectivity index (χ2n) is 2.42.